The fourth-order valence-electron chi connectivity index (χ4n) is 2.35. The number of amides is 1. The Balaban J connectivity index is 3.07. The standard InChI is InChI=1S/C18H36NO/c1-3-5-7-8-9-10-11-12-13-14-15-16-18(20)19-17-6-4-2/h17H,3-16H2,1-2H3,(H,19,20). The van der Waals surface area contributed by atoms with Crippen LogP contribution in [0.3, 0.4) is 0 Å². The summed E-state index contributed by atoms with van der Waals surface area (Å²) >= 11 is 0. The van der Waals surface area contributed by atoms with E-state index in [1.807, 2.05) is 6.54 Å². The molecule has 2 nitrogen and oxygen atoms in total. The third kappa shape index (κ3) is 15.5. The lowest BCUT2D eigenvalue weighted by Gasteiger charge is -2.04. The first-order valence-corrected chi connectivity index (χ1v) is 8.92. The molecule has 0 heterocycles. The molecule has 0 aliphatic rings. The molecule has 0 aromatic heterocycles. The van der Waals surface area contributed by atoms with E-state index in [0.717, 1.165) is 19.3 Å². The maximum absolute atomic E-state index is 11.4. The van der Waals surface area contributed by atoms with E-state index in [4.69, 9.17) is 0 Å². The Kier molecular flexibility index (Phi) is 16.1. The summed E-state index contributed by atoms with van der Waals surface area (Å²) in [5, 5.41) is 2.86. The van der Waals surface area contributed by atoms with E-state index in [-0.39, 0.29) is 5.91 Å². The number of rotatable bonds is 15. The lowest BCUT2D eigenvalue weighted by atomic mass is 10.1. The molecule has 0 aromatic rings. The van der Waals surface area contributed by atoms with Crippen LogP contribution in [0.15, 0.2) is 0 Å². The smallest absolute Gasteiger partial charge is 0.220 e. The minimum Gasteiger partial charge on any atom is -0.351 e. The van der Waals surface area contributed by atoms with Gasteiger partial charge in [-0.25, -0.2) is 0 Å². The second-order valence-electron chi connectivity index (χ2n) is 5.85. The molecule has 0 atom stereocenters. The van der Waals surface area contributed by atoms with Crippen LogP contribution in [0.1, 0.15) is 104 Å². The zero-order valence-electron chi connectivity index (χ0n) is 13.9. The molecule has 0 rings (SSSR count). The summed E-state index contributed by atoms with van der Waals surface area (Å²) in [6.07, 6.45) is 17.4. The third-order valence-electron chi connectivity index (χ3n) is 3.70. The van der Waals surface area contributed by atoms with Crippen molar-refractivity contribution in [1.29, 1.82) is 0 Å². The van der Waals surface area contributed by atoms with Crippen molar-refractivity contribution in [2.24, 2.45) is 0 Å². The van der Waals surface area contributed by atoms with Crippen molar-refractivity contribution in [1.82, 2.24) is 5.32 Å². The fraction of sp³-hybridized carbons (Fsp3) is 0.889. The highest BCUT2D eigenvalue weighted by Gasteiger charge is 2.00. The minimum absolute atomic E-state index is 0.189. The maximum Gasteiger partial charge on any atom is 0.220 e. The largest absolute Gasteiger partial charge is 0.351 e. The first kappa shape index (κ1) is 19.5. The van der Waals surface area contributed by atoms with E-state index in [9.17, 15) is 4.79 Å². The highest BCUT2D eigenvalue weighted by atomic mass is 16.1. The van der Waals surface area contributed by atoms with Crippen molar-refractivity contribution < 1.29 is 4.79 Å². The molecule has 0 bridgehead atoms. The molecule has 0 aliphatic heterocycles. The molecular weight excluding hydrogens is 246 g/mol. The summed E-state index contributed by atoms with van der Waals surface area (Å²) < 4.78 is 0. The summed E-state index contributed by atoms with van der Waals surface area (Å²) in [5.74, 6) is 0.189. The van der Waals surface area contributed by atoms with Gasteiger partial charge in [-0.3, -0.25) is 4.79 Å². The summed E-state index contributed by atoms with van der Waals surface area (Å²) in [4.78, 5) is 11.4. The molecule has 0 saturated carbocycles. The fourth-order valence-corrected chi connectivity index (χ4v) is 2.35. The lowest BCUT2D eigenvalue weighted by Crippen LogP contribution is -2.19. The zero-order chi connectivity index (χ0) is 14.9. The molecule has 119 valence electrons. The van der Waals surface area contributed by atoms with Crippen LogP contribution in [0.25, 0.3) is 0 Å². The highest BCUT2D eigenvalue weighted by Crippen LogP contribution is 2.11. The van der Waals surface area contributed by atoms with Crippen molar-refractivity contribution in [3.05, 3.63) is 6.54 Å². The van der Waals surface area contributed by atoms with Crippen LogP contribution in [-0.2, 0) is 4.79 Å². The Morgan fingerprint density at radius 1 is 0.750 bits per heavy atom. The van der Waals surface area contributed by atoms with Crippen molar-refractivity contribution in [3.8, 4) is 0 Å². The van der Waals surface area contributed by atoms with Crippen molar-refractivity contribution in [3.63, 3.8) is 0 Å². The van der Waals surface area contributed by atoms with Crippen molar-refractivity contribution in [2.75, 3.05) is 0 Å². The van der Waals surface area contributed by atoms with Crippen molar-refractivity contribution in [2.45, 2.75) is 104 Å². The molecular formula is C18H36NO. The van der Waals surface area contributed by atoms with Crippen LogP contribution in [0.4, 0.5) is 0 Å². The van der Waals surface area contributed by atoms with Crippen LogP contribution >= 0.6 is 0 Å². The Morgan fingerprint density at radius 2 is 1.25 bits per heavy atom. The van der Waals surface area contributed by atoms with Crippen LogP contribution in [-0.4, -0.2) is 5.91 Å². The second kappa shape index (κ2) is 16.5. The molecule has 0 fully saturated rings. The molecule has 0 aliphatic carbocycles. The van der Waals surface area contributed by atoms with Crippen molar-refractivity contribution >= 4 is 5.91 Å². The third-order valence-corrected chi connectivity index (χ3v) is 3.70. The molecule has 0 unspecified atom stereocenters. The molecule has 0 spiro atoms. The number of carbonyl (C=O) groups is 1. The molecule has 2 heteroatoms. The summed E-state index contributed by atoms with van der Waals surface area (Å²) in [6.45, 7) is 6.27. The first-order valence-electron chi connectivity index (χ1n) is 8.92. The van der Waals surface area contributed by atoms with Gasteiger partial charge in [-0.15, -0.1) is 0 Å². The van der Waals surface area contributed by atoms with Gasteiger partial charge in [-0.2, -0.15) is 0 Å². The molecule has 1 radical (unpaired) electrons. The summed E-state index contributed by atoms with van der Waals surface area (Å²) in [5.41, 5.74) is 0. The van der Waals surface area contributed by atoms with Gasteiger partial charge in [0.15, 0.2) is 0 Å². The Morgan fingerprint density at radius 3 is 1.75 bits per heavy atom. The van der Waals surface area contributed by atoms with E-state index >= 15 is 0 Å². The number of hydrogen-bond acceptors (Lipinski definition) is 1. The van der Waals surface area contributed by atoms with Gasteiger partial charge >= 0.3 is 0 Å². The number of hydrogen-bond donors (Lipinski definition) is 1. The van der Waals surface area contributed by atoms with Gasteiger partial charge in [-0.05, 0) is 12.8 Å². The van der Waals surface area contributed by atoms with Gasteiger partial charge in [-0.1, -0.05) is 84.5 Å². The SMILES string of the molecule is CCC[CH]NC(=O)CCCCCCCCCCCCC. The van der Waals surface area contributed by atoms with Gasteiger partial charge in [0, 0.05) is 13.0 Å². The zero-order valence-corrected chi connectivity index (χ0v) is 13.9. The van der Waals surface area contributed by atoms with Gasteiger partial charge in [0.2, 0.25) is 5.91 Å². The van der Waals surface area contributed by atoms with E-state index in [1.54, 1.807) is 0 Å². The lowest BCUT2D eigenvalue weighted by molar-refractivity contribution is -0.120. The summed E-state index contributed by atoms with van der Waals surface area (Å²) in [7, 11) is 0. The van der Waals surface area contributed by atoms with Crippen LogP contribution in [0.2, 0.25) is 0 Å². The highest BCUT2D eigenvalue weighted by molar-refractivity contribution is 5.76. The van der Waals surface area contributed by atoms with Gasteiger partial charge in [0.1, 0.15) is 0 Å². The first-order chi connectivity index (χ1) is 9.81. The van der Waals surface area contributed by atoms with Crippen LogP contribution in [0.5, 0.6) is 0 Å². The minimum atomic E-state index is 0.189. The number of unbranched alkanes of at least 4 members (excludes halogenated alkanes) is 11. The summed E-state index contributed by atoms with van der Waals surface area (Å²) in [6, 6.07) is 0. The maximum atomic E-state index is 11.4. The number of carbonyl (C=O) groups excluding carboxylic acids is 1. The van der Waals surface area contributed by atoms with E-state index in [1.165, 1.54) is 64.2 Å². The number of nitrogens with one attached hydrogen (secondary N) is 1. The molecule has 1 N–H and O–H groups in total. The molecule has 20 heavy (non-hydrogen) atoms. The monoisotopic (exact) mass is 282 g/mol. The Bertz CT molecular complexity index is 204. The van der Waals surface area contributed by atoms with Gasteiger partial charge in [0.25, 0.3) is 0 Å². The Hall–Kier alpha value is -0.530. The van der Waals surface area contributed by atoms with E-state index < -0.39 is 0 Å². The predicted molar refractivity (Wildman–Crippen MR) is 88.4 cm³/mol. The normalized spacial score (nSPS) is 10.7. The average Bonchev–Trinajstić information content (AvgIpc) is 2.45. The average molecular weight is 282 g/mol. The van der Waals surface area contributed by atoms with Gasteiger partial charge < -0.3 is 5.32 Å². The molecule has 1 amide bonds. The van der Waals surface area contributed by atoms with Gasteiger partial charge in [0.05, 0.1) is 0 Å². The molecule has 0 saturated heterocycles. The quantitative estimate of drug-likeness (QED) is 0.380. The topological polar surface area (TPSA) is 29.1 Å². The van der Waals surface area contributed by atoms with Crippen LogP contribution < -0.4 is 5.32 Å². The Labute approximate surface area is 127 Å². The molecule has 0 aromatic carbocycles. The predicted octanol–water partition coefficient (Wildman–Crippen LogP) is 5.77. The van der Waals surface area contributed by atoms with Crippen LogP contribution in [0, 0.1) is 6.54 Å². The van der Waals surface area contributed by atoms with E-state index in [2.05, 4.69) is 19.2 Å². The second-order valence-corrected chi connectivity index (χ2v) is 5.85. The van der Waals surface area contributed by atoms with E-state index in [0.29, 0.717) is 6.42 Å².